The van der Waals surface area contributed by atoms with Gasteiger partial charge in [-0.15, -0.1) is 0 Å². The smallest absolute Gasteiger partial charge is 0.269 e. The van der Waals surface area contributed by atoms with E-state index < -0.39 is 11.2 Å². The molecule has 8 heteroatoms. The molecular weight excluding hydrogens is 482 g/mol. The number of rotatable bonds is 6. The first kappa shape index (κ1) is 24.4. The first-order valence-corrected chi connectivity index (χ1v) is 12.1. The minimum atomic E-state index is -0.627. The van der Waals surface area contributed by atoms with Crippen LogP contribution in [0.25, 0.3) is 0 Å². The molecule has 1 N–H and O–H groups in total. The van der Waals surface area contributed by atoms with Crippen molar-refractivity contribution in [1.82, 2.24) is 0 Å². The number of nitriles is 1. The van der Waals surface area contributed by atoms with Crippen LogP contribution in [0, 0.1) is 18.3 Å². The molecular formula is C27H22ClN3O3S. The van der Waals surface area contributed by atoms with E-state index in [0.29, 0.717) is 27.8 Å². The maximum Gasteiger partial charge on any atom is 0.269 e. The van der Waals surface area contributed by atoms with Crippen LogP contribution in [0.15, 0.2) is 83.4 Å². The summed E-state index contributed by atoms with van der Waals surface area (Å²) in [7, 11) is 1.60. The van der Waals surface area contributed by atoms with Crippen LogP contribution in [-0.2, 0) is 16.0 Å². The fourth-order valence-electron chi connectivity index (χ4n) is 3.64. The highest BCUT2D eigenvalue weighted by atomic mass is 35.5. The Morgan fingerprint density at radius 2 is 1.80 bits per heavy atom. The molecule has 0 radical (unpaired) electrons. The van der Waals surface area contributed by atoms with Crippen molar-refractivity contribution in [3.8, 4) is 11.8 Å². The van der Waals surface area contributed by atoms with Gasteiger partial charge in [0, 0.05) is 5.69 Å². The van der Waals surface area contributed by atoms with Crippen molar-refractivity contribution in [2.24, 2.45) is 0 Å². The van der Waals surface area contributed by atoms with E-state index in [1.54, 1.807) is 31.4 Å². The lowest BCUT2D eigenvalue weighted by molar-refractivity contribution is -0.117. The molecule has 176 valence electrons. The fourth-order valence-corrected chi connectivity index (χ4v) is 5.13. The Morgan fingerprint density at radius 3 is 2.43 bits per heavy atom. The molecule has 1 atom stereocenters. The monoisotopic (exact) mass is 503 g/mol. The Hall–Kier alpha value is -3.73. The summed E-state index contributed by atoms with van der Waals surface area (Å²) in [6.07, 6.45) is 0.435. The van der Waals surface area contributed by atoms with Crippen LogP contribution in [0.1, 0.15) is 11.1 Å². The summed E-state index contributed by atoms with van der Waals surface area (Å²) in [6, 6.07) is 23.7. The zero-order chi connectivity index (χ0) is 24.9. The van der Waals surface area contributed by atoms with Gasteiger partial charge in [0.25, 0.3) is 5.91 Å². The Morgan fingerprint density at radius 1 is 1.11 bits per heavy atom. The second-order valence-electron chi connectivity index (χ2n) is 7.89. The number of benzene rings is 3. The molecule has 0 unspecified atom stereocenters. The number of nitrogens with zero attached hydrogens (tertiary/aromatic N) is 2. The molecule has 1 fully saturated rings. The number of nitrogens with one attached hydrogen (secondary N) is 1. The number of halogens is 1. The van der Waals surface area contributed by atoms with Gasteiger partial charge in [-0.25, -0.2) is 0 Å². The van der Waals surface area contributed by atoms with Gasteiger partial charge in [-0.2, -0.15) is 5.26 Å². The molecule has 0 saturated carbocycles. The minimum Gasteiger partial charge on any atom is -0.497 e. The average molecular weight is 504 g/mol. The van der Waals surface area contributed by atoms with E-state index in [0.717, 1.165) is 16.9 Å². The third-order valence-electron chi connectivity index (χ3n) is 5.50. The highest BCUT2D eigenvalue weighted by Gasteiger charge is 2.40. The topological polar surface area (TPSA) is 82.4 Å². The van der Waals surface area contributed by atoms with Gasteiger partial charge in [-0.1, -0.05) is 65.3 Å². The van der Waals surface area contributed by atoms with Crippen molar-refractivity contribution in [2.75, 3.05) is 17.3 Å². The number of ether oxygens (including phenoxy) is 1. The van der Waals surface area contributed by atoms with Gasteiger partial charge in [0.15, 0.2) is 0 Å². The maximum atomic E-state index is 13.6. The third kappa shape index (κ3) is 5.35. The van der Waals surface area contributed by atoms with Gasteiger partial charge in [0.2, 0.25) is 5.91 Å². The molecule has 35 heavy (non-hydrogen) atoms. The summed E-state index contributed by atoms with van der Waals surface area (Å²) < 4.78 is 5.21. The quantitative estimate of drug-likeness (QED) is 0.343. The SMILES string of the molecule is COc1ccc(C[C@@H]2S/C(=C(/C#N)C(=O)Nc3ccccc3Cl)N(c3ccc(C)cc3)C2=O)cc1. The van der Waals surface area contributed by atoms with E-state index in [-0.39, 0.29) is 11.5 Å². The number of carbonyl (C=O) groups excluding carboxylic acids is 2. The number of hydrogen-bond donors (Lipinski definition) is 1. The largest absolute Gasteiger partial charge is 0.497 e. The Kier molecular flexibility index (Phi) is 7.45. The van der Waals surface area contributed by atoms with E-state index in [1.165, 1.54) is 16.7 Å². The second kappa shape index (κ2) is 10.7. The normalized spacial score (nSPS) is 16.6. The predicted molar refractivity (Wildman–Crippen MR) is 139 cm³/mol. The summed E-state index contributed by atoms with van der Waals surface area (Å²) in [5.41, 5.74) is 2.81. The molecule has 4 rings (SSSR count). The van der Waals surface area contributed by atoms with Crippen LogP contribution in [0.4, 0.5) is 11.4 Å². The summed E-state index contributed by atoms with van der Waals surface area (Å²) in [4.78, 5) is 28.2. The number of amides is 2. The molecule has 2 amide bonds. The summed E-state index contributed by atoms with van der Waals surface area (Å²) >= 11 is 7.40. The van der Waals surface area contributed by atoms with Crippen LogP contribution < -0.4 is 15.0 Å². The van der Waals surface area contributed by atoms with Crippen molar-refractivity contribution in [3.05, 3.63) is 99.5 Å². The van der Waals surface area contributed by atoms with Crippen molar-refractivity contribution in [3.63, 3.8) is 0 Å². The molecule has 6 nitrogen and oxygen atoms in total. The summed E-state index contributed by atoms with van der Waals surface area (Å²) in [5.74, 6) is -0.0925. The number of hydrogen-bond acceptors (Lipinski definition) is 5. The van der Waals surface area contributed by atoms with Gasteiger partial charge >= 0.3 is 0 Å². The molecule has 1 saturated heterocycles. The highest BCUT2D eigenvalue weighted by molar-refractivity contribution is 8.05. The van der Waals surface area contributed by atoms with E-state index in [1.807, 2.05) is 61.5 Å². The third-order valence-corrected chi connectivity index (χ3v) is 7.09. The number of thioether (sulfide) groups is 1. The lowest BCUT2D eigenvalue weighted by Gasteiger charge is -2.19. The van der Waals surface area contributed by atoms with E-state index in [9.17, 15) is 14.9 Å². The van der Waals surface area contributed by atoms with E-state index in [4.69, 9.17) is 16.3 Å². The van der Waals surface area contributed by atoms with Crippen LogP contribution in [0.2, 0.25) is 5.02 Å². The van der Waals surface area contributed by atoms with Gasteiger partial charge in [-0.05, 0) is 55.3 Å². The molecule has 1 aliphatic heterocycles. The van der Waals surface area contributed by atoms with Gasteiger partial charge in [-0.3, -0.25) is 14.5 Å². The Bertz CT molecular complexity index is 1330. The highest BCUT2D eigenvalue weighted by Crippen LogP contribution is 2.42. The lowest BCUT2D eigenvalue weighted by Crippen LogP contribution is -2.30. The van der Waals surface area contributed by atoms with Crippen molar-refractivity contribution in [1.29, 1.82) is 5.26 Å². The standard InChI is InChI=1S/C27H22ClN3O3S/c1-17-7-11-19(12-8-17)31-26(33)24(15-18-9-13-20(34-2)14-10-18)35-27(31)21(16-29)25(32)30-23-6-4-3-5-22(23)28/h3-14,24H,15H2,1-2H3,(H,30,32)/b27-21-/t24-/m0/s1. The minimum absolute atomic E-state index is 0.152. The fraction of sp³-hybridized carbons (Fsp3) is 0.148. The second-order valence-corrected chi connectivity index (χ2v) is 9.49. The van der Waals surface area contributed by atoms with Crippen LogP contribution >= 0.6 is 23.4 Å². The Labute approximate surface area is 213 Å². The number of aryl methyl sites for hydroxylation is 1. The van der Waals surface area contributed by atoms with Gasteiger partial charge in [0.1, 0.15) is 22.4 Å². The average Bonchev–Trinajstić information content (AvgIpc) is 3.17. The summed E-state index contributed by atoms with van der Waals surface area (Å²) in [5, 5.41) is 12.8. The van der Waals surface area contributed by atoms with Gasteiger partial charge < -0.3 is 10.1 Å². The summed E-state index contributed by atoms with van der Waals surface area (Å²) in [6.45, 7) is 1.95. The van der Waals surface area contributed by atoms with Crippen LogP contribution in [-0.4, -0.2) is 24.2 Å². The van der Waals surface area contributed by atoms with Crippen molar-refractivity contribution >= 4 is 46.6 Å². The zero-order valence-electron chi connectivity index (χ0n) is 19.1. The number of methoxy groups -OCH3 is 1. The first-order valence-electron chi connectivity index (χ1n) is 10.8. The van der Waals surface area contributed by atoms with Crippen LogP contribution in [0.3, 0.4) is 0 Å². The predicted octanol–water partition coefficient (Wildman–Crippen LogP) is 5.72. The molecule has 0 spiro atoms. The number of carbonyl (C=O) groups is 2. The molecule has 1 aliphatic rings. The van der Waals surface area contributed by atoms with E-state index in [2.05, 4.69) is 5.32 Å². The molecule has 0 bridgehead atoms. The van der Waals surface area contributed by atoms with Gasteiger partial charge in [0.05, 0.1) is 23.1 Å². The lowest BCUT2D eigenvalue weighted by atomic mass is 10.1. The maximum absolute atomic E-state index is 13.6. The van der Waals surface area contributed by atoms with Crippen molar-refractivity contribution in [2.45, 2.75) is 18.6 Å². The Balaban J connectivity index is 1.71. The first-order chi connectivity index (χ1) is 16.9. The zero-order valence-corrected chi connectivity index (χ0v) is 20.7. The van der Waals surface area contributed by atoms with Crippen LogP contribution in [0.5, 0.6) is 5.75 Å². The molecule has 1 heterocycles. The number of para-hydroxylation sites is 1. The number of anilines is 2. The van der Waals surface area contributed by atoms with E-state index >= 15 is 0 Å². The molecule has 0 aromatic heterocycles. The molecule has 0 aliphatic carbocycles. The molecule has 3 aromatic rings. The molecule has 3 aromatic carbocycles. The van der Waals surface area contributed by atoms with Crippen molar-refractivity contribution < 1.29 is 14.3 Å².